The van der Waals surface area contributed by atoms with Crippen molar-refractivity contribution in [3.8, 4) is 0 Å². The van der Waals surface area contributed by atoms with Crippen molar-refractivity contribution in [2.75, 3.05) is 27.7 Å². The van der Waals surface area contributed by atoms with Gasteiger partial charge in [-0.2, -0.15) is 0 Å². The molecular formula is C43H79N3O14. The number of ether oxygens (including phenoxy) is 7. The van der Waals surface area contributed by atoms with Gasteiger partial charge in [-0.25, -0.2) is 4.79 Å². The summed E-state index contributed by atoms with van der Waals surface area (Å²) >= 11 is 0. The Morgan fingerprint density at radius 2 is 1.58 bits per heavy atom. The molecule has 18 atom stereocenters. The van der Waals surface area contributed by atoms with Gasteiger partial charge in [0.1, 0.15) is 23.9 Å². The Hall–Kier alpha value is -2.19. The molecule has 0 radical (unpaired) electrons. The summed E-state index contributed by atoms with van der Waals surface area (Å²) in [6.07, 6.45) is -9.56. The summed E-state index contributed by atoms with van der Waals surface area (Å²) in [5.41, 5.74) is -4.85. The van der Waals surface area contributed by atoms with Gasteiger partial charge in [0.2, 0.25) is 0 Å². The van der Waals surface area contributed by atoms with E-state index >= 15 is 0 Å². The van der Waals surface area contributed by atoms with Gasteiger partial charge in [0, 0.05) is 39.0 Å². The molecule has 17 nitrogen and oxygen atoms in total. The fourth-order valence-electron chi connectivity index (χ4n) is 9.41. The van der Waals surface area contributed by atoms with E-state index in [2.05, 4.69) is 5.32 Å². The lowest BCUT2D eigenvalue weighted by molar-refractivity contribution is -0.318. The number of aliphatic hydroxyl groups is 4. The molecule has 0 aromatic heterocycles. The number of carbonyl (C=O) groups excluding carboxylic acids is 3. The minimum atomic E-state index is -2.02. The number of nitrogens with zero attached hydrogens (tertiary/aromatic N) is 2. The fourth-order valence-corrected chi connectivity index (χ4v) is 9.41. The predicted molar refractivity (Wildman–Crippen MR) is 221 cm³/mol. The van der Waals surface area contributed by atoms with Crippen LogP contribution in [0.5, 0.6) is 0 Å². The summed E-state index contributed by atoms with van der Waals surface area (Å²) in [7, 11) is 5.22. The fraction of sp³-hybridized carbons (Fsp3) is 0.930. The zero-order chi connectivity index (χ0) is 45.8. The first kappa shape index (κ1) is 52.2. The monoisotopic (exact) mass is 862 g/mol. The van der Waals surface area contributed by atoms with Crippen LogP contribution in [0.2, 0.25) is 0 Å². The van der Waals surface area contributed by atoms with Crippen LogP contribution in [0.1, 0.15) is 116 Å². The molecule has 3 aliphatic heterocycles. The molecule has 17 heteroatoms. The number of urea groups is 1. The third-order valence-corrected chi connectivity index (χ3v) is 12.9. The van der Waals surface area contributed by atoms with E-state index < -0.39 is 114 Å². The number of esters is 2. The second-order valence-electron chi connectivity index (χ2n) is 19.1. The first-order valence-electron chi connectivity index (χ1n) is 21.7. The van der Waals surface area contributed by atoms with E-state index in [1.54, 1.807) is 48.5 Å². The molecule has 350 valence electrons. The van der Waals surface area contributed by atoms with Gasteiger partial charge in [0.25, 0.3) is 0 Å². The molecule has 0 aromatic carbocycles. The van der Waals surface area contributed by atoms with Crippen molar-refractivity contribution < 1.29 is 68.0 Å². The van der Waals surface area contributed by atoms with Gasteiger partial charge in [-0.05, 0) is 102 Å². The van der Waals surface area contributed by atoms with Gasteiger partial charge < -0.3 is 68.7 Å². The van der Waals surface area contributed by atoms with E-state index in [0.29, 0.717) is 6.42 Å². The maximum Gasteiger partial charge on any atom is 0.317 e. The van der Waals surface area contributed by atoms with E-state index in [1.165, 1.54) is 25.9 Å². The predicted octanol–water partition coefficient (Wildman–Crippen LogP) is 2.96. The van der Waals surface area contributed by atoms with Crippen LogP contribution in [-0.2, 0) is 42.7 Å². The third-order valence-electron chi connectivity index (χ3n) is 12.9. The second-order valence-corrected chi connectivity index (χ2v) is 19.1. The smallest absolute Gasteiger partial charge is 0.317 e. The minimum absolute atomic E-state index is 0.0261. The molecule has 3 fully saturated rings. The summed E-state index contributed by atoms with van der Waals surface area (Å²) in [6, 6.07) is -2.05. The summed E-state index contributed by atoms with van der Waals surface area (Å²) in [5.74, 6) is -3.76. The standard InChI is InChI=1S/C43H79N3O14/c1-17-31-43(13,53)35(48)27(8)46(40(51)44-22(2)3)21-23(4)19-41(11,52)37(60-39-34(57-29(10)47)30(45(14)15)18-24(5)55-39)25(6)33(26(7)38(50)58-31)59-32-20-42(12,54-16)36(49)28(9)56-32/h22-28,30-37,39,48-49,52-53H,17-21H2,1-16H3,(H,44,51)/t23-,24-,25+,26-,27-,28+,30+,31-,32+,33+,34-,35-,36+,37-,39+,41-,42-,43-/m1/s1. The van der Waals surface area contributed by atoms with Gasteiger partial charge in [0.15, 0.2) is 18.7 Å². The van der Waals surface area contributed by atoms with Crippen molar-refractivity contribution in [3.05, 3.63) is 0 Å². The first-order chi connectivity index (χ1) is 27.6. The van der Waals surface area contributed by atoms with Crippen molar-refractivity contribution in [2.45, 2.75) is 212 Å². The Kier molecular flexibility index (Phi) is 18.2. The first-order valence-corrected chi connectivity index (χ1v) is 21.7. The zero-order valence-electron chi connectivity index (χ0n) is 39.0. The highest BCUT2D eigenvalue weighted by atomic mass is 16.7. The number of hydrogen-bond acceptors (Lipinski definition) is 15. The van der Waals surface area contributed by atoms with Crippen LogP contribution < -0.4 is 5.32 Å². The summed E-state index contributed by atoms with van der Waals surface area (Å²) in [4.78, 5) is 44.2. The van der Waals surface area contributed by atoms with Gasteiger partial charge in [-0.3, -0.25) is 9.59 Å². The largest absolute Gasteiger partial charge is 0.459 e. The Balaban J connectivity index is 2.29. The highest BCUT2D eigenvalue weighted by Gasteiger charge is 2.53. The second kappa shape index (κ2) is 21.0. The Morgan fingerprint density at radius 1 is 0.967 bits per heavy atom. The number of aliphatic hydroxyl groups excluding tert-OH is 2. The van der Waals surface area contributed by atoms with Crippen LogP contribution in [0.4, 0.5) is 4.79 Å². The maximum absolute atomic E-state index is 14.5. The molecule has 3 aliphatic rings. The lowest BCUT2D eigenvalue weighted by Gasteiger charge is -2.49. The molecular weight excluding hydrogens is 782 g/mol. The van der Waals surface area contributed by atoms with Gasteiger partial charge >= 0.3 is 18.0 Å². The molecule has 0 spiro atoms. The van der Waals surface area contributed by atoms with Crippen LogP contribution in [-0.4, -0.2) is 172 Å². The normalized spacial score (nSPS) is 44.1. The Bertz CT molecular complexity index is 1420. The number of rotatable bonds is 9. The average molecular weight is 862 g/mol. The minimum Gasteiger partial charge on any atom is -0.459 e. The number of amides is 2. The quantitative estimate of drug-likeness (QED) is 0.211. The number of carbonyl (C=O) groups is 3. The summed E-state index contributed by atoms with van der Waals surface area (Å²) < 4.78 is 44.0. The highest BCUT2D eigenvalue weighted by Crippen LogP contribution is 2.40. The van der Waals surface area contributed by atoms with Gasteiger partial charge in [-0.1, -0.05) is 20.8 Å². The van der Waals surface area contributed by atoms with Crippen molar-refractivity contribution in [3.63, 3.8) is 0 Å². The number of cyclic esters (lactones) is 1. The Morgan fingerprint density at radius 3 is 2.12 bits per heavy atom. The lowest BCUT2D eigenvalue weighted by Crippen LogP contribution is -2.62. The van der Waals surface area contributed by atoms with Crippen LogP contribution in [0.25, 0.3) is 0 Å². The van der Waals surface area contributed by atoms with E-state index in [0.717, 1.165) is 0 Å². The summed E-state index contributed by atoms with van der Waals surface area (Å²) in [6.45, 7) is 21.8. The summed E-state index contributed by atoms with van der Waals surface area (Å²) in [5, 5.41) is 50.6. The van der Waals surface area contributed by atoms with Crippen molar-refractivity contribution >= 4 is 18.0 Å². The SMILES string of the molecule is CC[C@H]1OC(=O)[C@H](C)[C@@H](O[C@H]2C[C@@](C)(OC)[C@@H](O)[C@H](C)O2)[C@H](C)[C@@H](O[C@@H]2O[C@H](C)C[C@H](N(C)C)[C@H]2OC(C)=O)[C@](C)(O)C[C@@H](C)CN(C(=O)NC(C)C)[C@H](C)[C@@H](O)[C@]1(C)O. The van der Waals surface area contributed by atoms with Crippen molar-refractivity contribution in [2.24, 2.45) is 17.8 Å². The zero-order valence-corrected chi connectivity index (χ0v) is 39.0. The third kappa shape index (κ3) is 12.3. The van der Waals surface area contributed by atoms with E-state index in [-0.39, 0.29) is 44.0 Å². The van der Waals surface area contributed by atoms with E-state index in [9.17, 15) is 34.8 Å². The van der Waals surface area contributed by atoms with Gasteiger partial charge in [-0.15, -0.1) is 0 Å². The molecule has 0 unspecified atom stereocenters. The van der Waals surface area contributed by atoms with E-state index in [1.807, 2.05) is 46.7 Å². The molecule has 0 saturated carbocycles. The average Bonchev–Trinajstić information content (AvgIpc) is 3.14. The molecule has 5 N–H and O–H groups in total. The van der Waals surface area contributed by atoms with Crippen LogP contribution in [0.3, 0.4) is 0 Å². The number of hydrogen-bond donors (Lipinski definition) is 5. The van der Waals surface area contributed by atoms with Gasteiger partial charge in [0.05, 0.1) is 53.6 Å². The molecule has 0 bridgehead atoms. The van der Waals surface area contributed by atoms with Crippen LogP contribution in [0, 0.1) is 17.8 Å². The number of nitrogens with one attached hydrogen (secondary N) is 1. The molecule has 3 saturated heterocycles. The molecule has 2 amide bonds. The number of likely N-dealkylation sites (N-methyl/N-ethyl adjacent to an activating group) is 1. The molecule has 0 aliphatic carbocycles. The molecule has 3 rings (SSSR count). The molecule has 0 aromatic rings. The topological polar surface area (TPSA) is 215 Å². The molecule has 3 heterocycles. The van der Waals surface area contributed by atoms with Crippen LogP contribution >= 0.6 is 0 Å². The van der Waals surface area contributed by atoms with Crippen molar-refractivity contribution in [1.82, 2.24) is 15.1 Å². The molecule has 60 heavy (non-hydrogen) atoms. The number of methoxy groups -OCH3 is 1. The lowest BCUT2D eigenvalue weighted by atomic mass is 9.77. The maximum atomic E-state index is 14.5. The van der Waals surface area contributed by atoms with E-state index in [4.69, 9.17) is 33.2 Å². The van der Waals surface area contributed by atoms with Crippen LogP contribution in [0.15, 0.2) is 0 Å². The van der Waals surface area contributed by atoms with Crippen molar-refractivity contribution in [1.29, 1.82) is 0 Å². The Labute approximate surface area is 358 Å². The highest BCUT2D eigenvalue weighted by molar-refractivity contribution is 5.75.